The van der Waals surface area contributed by atoms with E-state index in [1.807, 2.05) is 0 Å². The first-order chi connectivity index (χ1) is 8.11. The summed E-state index contributed by atoms with van der Waals surface area (Å²) in [7, 11) is 0. The monoisotopic (exact) mass is 236 g/mol. The van der Waals surface area contributed by atoms with Crippen molar-refractivity contribution in [1.82, 2.24) is 0 Å². The van der Waals surface area contributed by atoms with Crippen LogP contribution in [0.15, 0.2) is 42.5 Å². The Morgan fingerprint density at radius 3 is 2.47 bits per heavy atom. The lowest BCUT2D eigenvalue weighted by Crippen LogP contribution is -2.12. The van der Waals surface area contributed by atoms with Gasteiger partial charge in [0.25, 0.3) is 0 Å². The Hall–Kier alpha value is -2.14. The minimum Gasteiger partial charge on any atom is -0.431 e. The SMILES string of the molecule is C=C(C)C(=O)OOCOC(=O)c1ccccc1. The van der Waals surface area contributed by atoms with Gasteiger partial charge in [-0.1, -0.05) is 24.8 Å². The van der Waals surface area contributed by atoms with E-state index in [0.717, 1.165) is 0 Å². The second-order valence-electron chi connectivity index (χ2n) is 3.18. The Kier molecular flexibility index (Phi) is 4.90. The summed E-state index contributed by atoms with van der Waals surface area (Å²) < 4.78 is 4.69. The van der Waals surface area contributed by atoms with Crippen molar-refractivity contribution >= 4 is 11.9 Å². The number of hydrogen-bond acceptors (Lipinski definition) is 5. The molecule has 0 radical (unpaired) electrons. The van der Waals surface area contributed by atoms with Gasteiger partial charge in [-0.05, 0) is 19.1 Å². The van der Waals surface area contributed by atoms with E-state index in [-0.39, 0.29) is 5.57 Å². The van der Waals surface area contributed by atoms with Gasteiger partial charge >= 0.3 is 11.9 Å². The Balaban J connectivity index is 2.26. The van der Waals surface area contributed by atoms with Gasteiger partial charge in [0.2, 0.25) is 6.79 Å². The van der Waals surface area contributed by atoms with Gasteiger partial charge in [-0.3, -0.25) is 4.89 Å². The molecule has 90 valence electrons. The molecule has 0 fully saturated rings. The van der Waals surface area contributed by atoms with Gasteiger partial charge in [-0.25, -0.2) is 9.59 Å². The molecule has 0 aromatic heterocycles. The van der Waals surface area contributed by atoms with Crippen LogP contribution in [0, 0.1) is 0 Å². The number of rotatable bonds is 5. The average molecular weight is 236 g/mol. The molecule has 0 bridgehead atoms. The lowest BCUT2D eigenvalue weighted by Gasteiger charge is -2.04. The van der Waals surface area contributed by atoms with Crippen LogP contribution in [-0.2, 0) is 19.3 Å². The second-order valence-corrected chi connectivity index (χ2v) is 3.18. The molecule has 1 aromatic carbocycles. The lowest BCUT2D eigenvalue weighted by atomic mass is 10.2. The van der Waals surface area contributed by atoms with E-state index >= 15 is 0 Å². The van der Waals surface area contributed by atoms with E-state index in [0.29, 0.717) is 5.56 Å². The van der Waals surface area contributed by atoms with Crippen LogP contribution in [0.2, 0.25) is 0 Å². The molecule has 0 N–H and O–H groups in total. The number of hydrogen-bond donors (Lipinski definition) is 0. The van der Waals surface area contributed by atoms with E-state index in [9.17, 15) is 9.59 Å². The molecule has 0 saturated heterocycles. The van der Waals surface area contributed by atoms with Gasteiger partial charge in [0.1, 0.15) is 0 Å². The molecule has 0 amide bonds. The van der Waals surface area contributed by atoms with E-state index in [2.05, 4.69) is 16.4 Å². The predicted molar refractivity (Wildman–Crippen MR) is 58.7 cm³/mol. The summed E-state index contributed by atoms with van der Waals surface area (Å²) >= 11 is 0. The molecular weight excluding hydrogens is 224 g/mol. The topological polar surface area (TPSA) is 61.8 Å². The highest BCUT2D eigenvalue weighted by Gasteiger charge is 2.07. The molecular formula is C12H12O5. The van der Waals surface area contributed by atoms with Crippen molar-refractivity contribution in [2.24, 2.45) is 0 Å². The highest BCUT2D eigenvalue weighted by atomic mass is 17.2. The highest BCUT2D eigenvalue weighted by Crippen LogP contribution is 2.01. The van der Waals surface area contributed by atoms with Crippen LogP contribution >= 0.6 is 0 Å². The molecule has 0 aliphatic rings. The average Bonchev–Trinajstić information content (AvgIpc) is 2.35. The highest BCUT2D eigenvalue weighted by molar-refractivity contribution is 5.89. The summed E-state index contributed by atoms with van der Waals surface area (Å²) in [6, 6.07) is 8.39. The summed E-state index contributed by atoms with van der Waals surface area (Å²) in [4.78, 5) is 30.9. The Morgan fingerprint density at radius 1 is 1.24 bits per heavy atom. The number of carbonyl (C=O) groups is 2. The summed E-state index contributed by atoms with van der Waals surface area (Å²) in [6.45, 7) is 4.36. The van der Waals surface area contributed by atoms with Crippen molar-refractivity contribution in [1.29, 1.82) is 0 Å². The summed E-state index contributed by atoms with van der Waals surface area (Å²) in [5.74, 6) is -1.27. The van der Waals surface area contributed by atoms with Crippen molar-refractivity contribution in [3.05, 3.63) is 48.0 Å². The zero-order valence-electron chi connectivity index (χ0n) is 9.34. The van der Waals surface area contributed by atoms with Crippen LogP contribution in [0.5, 0.6) is 0 Å². The van der Waals surface area contributed by atoms with E-state index in [4.69, 9.17) is 4.74 Å². The minimum atomic E-state index is -0.708. The standard InChI is InChI=1S/C12H12O5/c1-9(2)11(13)17-16-8-15-12(14)10-6-4-3-5-7-10/h3-7H,1,8H2,2H3. The summed E-state index contributed by atoms with van der Waals surface area (Å²) in [6.07, 6.45) is 0. The van der Waals surface area contributed by atoms with Crippen molar-refractivity contribution < 1.29 is 24.1 Å². The van der Waals surface area contributed by atoms with Crippen molar-refractivity contribution in [3.63, 3.8) is 0 Å². The zero-order chi connectivity index (χ0) is 12.7. The molecule has 0 saturated carbocycles. The maximum atomic E-state index is 11.4. The first-order valence-corrected chi connectivity index (χ1v) is 4.82. The fourth-order valence-electron chi connectivity index (χ4n) is 0.884. The van der Waals surface area contributed by atoms with Gasteiger partial charge in [0.15, 0.2) is 0 Å². The van der Waals surface area contributed by atoms with E-state index in [1.54, 1.807) is 30.3 Å². The molecule has 17 heavy (non-hydrogen) atoms. The van der Waals surface area contributed by atoms with Gasteiger partial charge in [-0.2, -0.15) is 0 Å². The van der Waals surface area contributed by atoms with E-state index < -0.39 is 18.7 Å². The lowest BCUT2D eigenvalue weighted by molar-refractivity contribution is -0.298. The molecule has 5 heteroatoms. The summed E-state index contributed by atoms with van der Waals surface area (Å²) in [5, 5.41) is 0. The Morgan fingerprint density at radius 2 is 1.88 bits per heavy atom. The van der Waals surface area contributed by atoms with Crippen LogP contribution in [-0.4, -0.2) is 18.7 Å². The van der Waals surface area contributed by atoms with Crippen LogP contribution in [0.1, 0.15) is 17.3 Å². The first kappa shape index (κ1) is 12.9. The molecule has 1 aromatic rings. The third-order valence-electron chi connectivity index (χ3n) is 1.73. The van der Waals surface area contributed by atoms with Gasteiger partial charge in [0, 0.05) is 5.57 Å². The number of esters is 1. The van der Waals surface area contributed by atoms with Gasteiger partial charge in [0.05, 0.1) is 5.56 Å². The third kappa shape index (κ3) is 4.48. The molecule has 0 unspecified atom stereocenters. The van der Waals surface area contributed by atoms with Crippen LogP contribution in [0.4, 0.5) is 0 Å². The zero-order valence-corrected chi connectivity index (χ0v) is 9.34. The van der Waals surface area contributed by atoms with Crippen LogP contribution in [0.25, 0.3) is 0 Å². The first-order valence-electron chi connectivity index (χ1n) is 4.82. The number of carbonyl (C=O) groups excluding carboxylic acids is 2. The van der Waals surface area contributed by atoms with Crippen molar-refractivity contribution in [2.45, 2.75) is 6.92 Å². The maximum absolute atomic E-state index is 11.4. The van der Waals surface area contributed by atoms with E-state index in [1.165, 1.54) is 6.92 Å². The van der Waals surface area contributed by atoms with Crippen molar-refractivity contribution in [2.75, 3.05) is 6.79 Å². The van der Waals surface area contributed by atoms with Gasteiger partial charge in [-0.15, -0.1) is 4.89 Å². The maximum Gasteiger partial charge on any atom is 0.368 e. The number of ether oxygens (including phenoxy) is 1. The quantitative estimate of drug-likeness (QED) is 0.195. The van der Waals surface area contributed by atoms with Crippen molar-refractivity contribution in [3.8, 4) is 0 Å². The smallest absolute Gasteiger partial charge is 0.368 e. The Bertz CT molecular complexity index is 410. The fraction of sp³-hybridized carbons (Fsp3) is 0.167. The summed E-state index contributed by atoms with van der Waals surface area (Å²) in [5.41, 5.74) is 0.585. The molecule has 0 spiro atoms. The van der Waals surface area contributed by atoms with Crippen LogP contribution < -0.4 is 0 Å². The second kappa shape index (κ2) is 6.44. The molecule has 0 aliphatic heterocycles. The fourth-order valence-corrected chi connectivity index (χ4v) is 0.884. The molecule has 5 nitrogen and oxygen atoms in total. The normalized spacial score (nSPS) is 9.47. The largest absolute Gasteiger partial charge is 0.431 e. The predicted octanol–water partition coefficient (Wildman–Crippen LogP) is 1.85. The number of benzene rings is 1. The molecule has 0 atom stereocenters. The van der Waals surface area contributed by atoms with Gasteiger partial charge < -0.3 is 4.74 Å². The minimum absolute atomic E-state index is 0.194. The van der Waals surface area contributed by atoms with Crippen LogP contribution in [0.3, 0.4) is 0 Å². The molecule has 0 aliphatic carbocycles. The third-order valence-corrected chi connectivity index (χ3v) is 1.73. The Labute approximate surface area is 98.5 Å². The molecule has 0 heterocycles. The molecule has 1 rings (SSSR count).